The van der Waals surface area contributed by atoms with Crippen LogP contribution in [0.5, 0.6) is 11.5 Å². The van der Waals surface area contributed by atoms with Crippen molar-refractivity contribution in [3.05, 3.63) is 100 Å². The Morgan fingerprint density at radius 3 is 2.71 bits per heavy atom. The highest BCUT2D eigenvalue weighted by Gasteiger charge is 2.46. The third-order valence-electron chi connectivity index (χ3n) is 9.26. The first kappa shape index (κ1) is 30.6. The van der Waals surface area contributed by atoms with Gasteiger partial charge in [-0.25, -0.2) is 23.5 Å². The zero-order valence-corrected chi connectivity index (χ0v) is 26.7. The van der Waals surface area contributed by atoms with Gasteiger partial charge in [-0.05, 0) is 42.5 Å². The van der Waals surface area contributed by atoms with Crippen LogP contribution in [0.4, 0.5) is 14.5 Å². The standard InChI is InChI=1S/C34H30ClF2N5O6/c1-34(22-7-6-20(35)12-23(22)36)47-29-5-3-4-25(32(29)48-34)41-9-8-40(27-16-45-17-28(27)41)14-30-39-31-24(37)10-19(33(43)44-2)11-26(31)42(30)13-21-15-46-18-38-21/h3-7,10-12,15,18,27-28H,8-9,13-14,16-17H2,1-2H3/t27-,28+,34?/m1/s1. The lowest BCUT2D eigenvalue weighted by Gasteiger charge is -2.44. The molecule has 0 spiro atoms. The van der Waals surface area contributed by atoms with Crippen LogP contribution in [-0.2, 0) is 28.4 Å². The van der Waals surface area contributed by atoms with Gasteiger partial charge in [0.05, 0.1) is 73.5 Å². The molecule has 5 aromatic rings. The fourth-order valence-electron chi connectivity index (χ4n) is 6.97. The van der Waals surface area contributed by atoms with Gasteiger partial charge in [0.1, 0.15) is 23.4 Å². The molecule has 1 unspecified atom stereocenters. The summed E-state index contributed by atoms with van der Waals surface area (Å²) in [5.74, 6) is -1.53. The average molecular weight is 678 g/mol. The molecule has 48 heavy (non-hydrogen) atoms. The second-order valence-corrected chi connectivity index (χ2v) is 12.6. The molecule has 3 aromatic carbocycles. The molecule has 5 heterocycles. The summed E-state index contributed by atoms with van der Waals surface area (Å²) in [4.78, 5) is 25.8. The summed E-state index contributed by atoms with van der Waals surface area (Å²) in [6.45, 7) is 4.52. The van der Waals surface area contributed by atoms with Gasteiger partial charge in [0, 0.05) is 25.0 Å². The van der Waals surface area contributed by atoms with Crippen molar-refractivity contribution in [2.24, 2.45) is 0 Å². The smallest absolute Gasteiger partial charge is 0.338 e. The lowest BCUT2D eigenvalue weighted by atomic mass is 10.0. The van der Waals surface area contributed by atoms with Crippen LogP contribution in [0.25, 0.3) is 11.0 Å². The Hall–Kier alpha value is -4.72. The maximum absolute atomic E-state index is 15.4. The van der Waals surface area contributed by atoms with Gasteiger partial charge in [-0.15, -0.1) is 0 Å². The van der Waals surface area contributed by atoms with Gasteiger partial charge in [-0.3, -0.25) is 4.90 Å². The number of piperazine rings is 1. The van der Waals surface area contributed by atoms with Crippen LogP contribution in [0.3, 0.4) is 0 Å². The molecular formula is C34H30ClF2N5O6. The summed E-state index contributed by atoms with van der Waals surface area (Å²) < 4.78 is 60.9. The molecule has 3 atom stereocenters. The summed E-state index contributed by atoms with van der Waals surface area (Å²) in [6.07, 6.45) is 2.85. The predicted octanol–water partition coefficient (Wildman–Crippen LogP) is 5.52. The number of anilines is 1. The van der Waals surface area contributed by atoms with Gasteiger partial charge in [-0.2, -0.15) is 0 Å². The van der Waals surface area contributed by atoms with E-state index in [2.05, 4.69) is 14.8 Å². The Morgan fingerprint density at radius 2 is 1.92 bits per heavy atom. The Kier molecular flexibility index (Phi) is 7.50. The van der Waals surface area contributed by atoms with E-state index in [1.54, 1.807) is 31.2 Å². The number of nitrogens with zero attached hydrogens (tertiary/aromatic N) is 5. The lowest BCUT2D eigenvalue weighted by molar-refractivity contribution is -0.0705. The summed E-state index contributed by atoms with van der Waals surface area (Å²) in [5, 5.41) is 0.283. The summed E-state index contributed by atoms with van der Waals surface area (Å²) in [7, 11) is 1.25. The average Bonchev–Trinajstić information content (AvgIpc) is 3.88. The van der Waals surface area contributed by atoms with Crippen LogP contribution in [0, 0.1) is 11.6 Å². The van der Waals surface area contributed by atoms with Crippen LogP contribution in [0.1, 0.15) is 34.4 Å². The van der Waals surface area contributed by atoms with Crippen LogP contribution >= 0.6 is 11.6 Å². The highest BCUT2D eigenvalue weighted by molar-refractivity contribution is 6.30. The summed E-state index contributed by atoms with van der Waals surface area (Å²) in [6, 6.07) is 12.7. The van der Waals surface area contributed by atoms with Crippen molar-refractivity contribution >= 4 is 34.3 Å². The van der Waals surface area contributed by atoms with Gasteiger partial charge in [0.25, 0.3) is 5.79 Å². The fourth-order valence-corrected chi connectivity index (χ4v) is 7.13. The minimum atomic E-state index is -1.38. The molecular weight excluding hydrogens is 648 g/mol. The first-order chi connectivity index (χ1) is 23.2. The zero-order chi connectivity index (χ0) is 33.2. The number of para-hydroxylation sites is 1. The van der Waals surface area contributed by atoms with E-state index < -0.39 is 23.4 Å². The molecule has 2 aromatic heterocycles. The number of carbonyl (C=O) groups is 1. The second kappa shape index (κ2) is 11.8. The number of hydrogen-bond acceptors (Lipinski definition) is 10. The quantitative estimate of drug-likeness (QED) is 0.205. The number of oxazole rings is 1. The van der Waals surface area contributed by atoms with E-state index in [1.165, 1.54) is 25.8 Å². The Morgan fingerprint density at radius 1 is 1.06 bits per heavy atom. The number of methoxy groups -OCH3 is 1. The molecule has 0 N–H and O–H groups in total. The third kappa shape index (κ3) is 5.13. The normalized spacial score (nSPS) is 22.0. The number of ether oxygens (including phenoxy) is 4. The van der Waals surface area contributed by atoms with E-state index in [-0.39, 0.29) is 40.3 Å². The molecule has 2 fully saturated rings. The molecule has 0 amide bonds. The van der Waals surface area contributed by atoms with Crippen molar-refractivity contribution in [3.63, 3.8) is 0 Å². The number of halogens is 3. The zero-order valence-electron chi connectivity index (χ0n) is 26.0. The maximum atomic E-state index is 15.4. The first-order valence-electron chi connectivity index (χ1n) is 15.4. The Bertz CT molecular complexity index is 2040. The topological polar surface area (TPSA) is 104 Å². The molecule has 14 heteroatoms. The van der Waals surface area contributed by atoms with Crippen molar-refractivity contribution < 1.29 is 36.9 Å². The van der Waals surface area contributed by atoms with Gasteiger partial charge in [0.15, 0.2) is 23.7 Å². The number of fused-ring (bicyclic) bond motifs is 3. The van der Waals surface area contributed by atoms with Crippen LogP contribution < -0.4 is 14.4 Å². The second-order valence-electron chi connectivity index (χ2n) is 12.1. The Labute approximate surface area is 278 Å². The monoisotopic (exact) mass is 677 g/mol. The molecule has 2 saturated heterocycles. The van der Waals surface area contributed by atoms with Crippen LogP contribution in [0.15, 0.2) is 65.6 Å². The number of benzene rings is 3. The molecule has 0 radical (unpaired) electrons. The van der Waals surface area contributed by atoms with E-state index in [9.17, 15) is 9.18 Å². The molecule has 248 valence electrons. The molecule has 0 bridgehead atoms. The highest BCUT2D eigenvalue weighted by atomic mass is 35.5. The van der Waals surface area contributed by atoms with Crippen molar-refractivity contribution in [1.82, 2.24) is 19.4 Å². The molecule has 8 rings (SSSR count). The number of carbonyl (C=O) groups excluding carboxylic acids is 1. The molecule has 11 nitrogen and oxygen atoms in total. The van der Waals surface area contributed by atoms with Crippen molar-refractivity contribution in [1.29, 1.82) is 0 Å². The van der Waals surface area contributed by atoms with Gasteiger partial charge < -0.3 is 32.8 Å². The van der Waals surface area contributed by atoms with E-state index in [4.69, 9.17) is 39.9 Å². The van der Waals surface area contributed by atoms with E-state index in [0.29, 0.717) is 61.4 Å². The number of imidazole rings is 1. The van der Waals surface area contributed by atoms with Crippen LogP contribution in [0.2, 0.25) is 5.02 Å². The SMILES string of the molecule is COC(=O)c1cc(F)c2nc(CN3CCN(c4cccc5c4OC(C)(c4ccc(Cl)cc4F)O5)[C@H]4COC[C@H]43)n(Cc3cocn3)c2c1. The predicted molar refractivity (Wildman–Crippen MR) is 169 cm³/mol. The number of hydrogen-bond donors (Lipinski definition) is 0. The maximum Gasteiger partial charge on any atom is 0.338 e. The van der Waals surface area contributed by atoms with Crippen molar-refractivity contribution in [2.45, 2.75) is 37.9 Å². The lowest BCUT2D eigenvalue weighted by Crippen LogP contribution is -2.59. The number of aromatic nitrogens is 3. The van der Waals surface area contributed by atoms with E-state index in [0.717, 1.165) is 11.8 Å². The van der Waals surface area contributed by atoms with Gasteiger partial charge in [0.2, 0.25) is 0 Å². The summed E-state index contributed by atoms with van der Waals surface area (Å²) in [5.41, 5.74) is 2.37. The Balaban J connectivity index is 1.09. The number of rotatable bonds is 7. The van der Waals surface area contributed by atoms with Crippen molar-refractivity contribution in [2.75, 3.05) is 38.3 Å². The minimum Gasteiger partial charge on any atom is -0.465 e. The first-order valence-corrected chi connectivity index (χ1v) is 15.8. The van der Waals surface area contributed by atoms with E-state index in [1.807, 2.05) is 16.7 Å². The summed E-state index contributed by atoms with van der Waals surface area (Å²) >= 11 is 6.00. The molecule has 0 saturated carbocycles. The largest absolute Gasteiger partial charge is 0.465 e. The van der Waals surface area contributed by atoms with Crippen LogP contribution in [-0.4, -0.2) is 70.9 Å². The molecule has 0 aliphatic carbocycles. The molecule has 3 aliphatic heterocycles. The minimum absolute atomic E-state index is 0.0344. The number of esters is 1. The van der Waals surface area contributed by atoms with Gasteiger partial charge >= 0.3 is 5.97 Å². The fraction of sp³-hybridized carbons (Fsp3) is 0.324. The third-order valence-corrected chi connectivity index (χ3v) is 9.50. The van der Waals surface area contributed by atoms with Crippen molar-refractivity contribution in [3.8, 4) is 11.5 Å². The highest BCUT2D eigenvalue weighted by Crippen LogP contribution is 2.51. The van der Waals surface area contributed by atoms with Gasteiger partial charge in [-0.1, -0.05) is 17.7 Å². The molecule has 3 aliphatic rings. The van der Waals surface area contributed by atoms with E-state index >= 15 is 4.39 Å².